The van der Waals surface area contributed by atoms with Crippen LogP contribution in [0.2, 0.25) is 0 Å². The summed E-state index contributed by atoms with van der Waals surface area (Å²) in [5.41, 5.74) is 4.50. The average Bonchev–Trinajstić information content (AvgIpc) is 2.03. The lowest BCUT2D eigenvalue weighted by Gasteiger charge is -2.30. The molecule has 0 aliphatic carbocycles. The Labute approximate surface area is 85.2 Å². The maximum absolute atomic E-state index is 11.3. The lowest BCUT2D eigenvalue weighted by atomic mass is 9.88. The van der Waals surface area contributed by atoms with Gasteiger partial charge in [-0.05, 0) is 12.8 Å². The highest BCUT2D eigenvalue weighted by Crippen LogP contribution is 2.19. The van der Waals surface area contributed by atoms with Gasteiger partial charge in [0.05, 0.1) is 0 Å². The van der Waals surface area contributed by atoms with Gasteiger partial charge in [-0.15, -0.1) is 0 Å². The molecule has 0 aromatic heterocycles. The van der Waals surface area contributed by atoms with Crippen LogP contribution in [-0.4, -0.2) is 17.4 Å². The summed E-state index contributed by atoms with van der Waals surface area (Å²) in [6.07, 6.45) is 2.86. The molecule has 0 aliphatic rings. The van der Waals surface area contributed by atoms with Crippen LogP contribution in [0, 0.1) is 0 Å². The van der Waals surface area contributed by atoms with Gasteiger partial charge in [0.25, 0.3) is 0 Å². The smallest absolute Gasteiger partial charge is 0.243 e. The molecular formula is C10H20N2O2. The summed E-state index contributed by atoms with van der Waals surface area (Å²) in [7, 11) is 0. The number of primary amides is 1. The molecule has 0 atom stereocenters. The quantitative estimate of drug-likeness (QED) is 0.670. The van der Waals surface area contributed by atoms with Crippen LogP contribution in [0.25, 0.3) is 0 Å². The van der Waals surface area contributed by atoms with Crippen molar-refractivity contribution in [3.8, 4) is 0 Å². The monoisotopic (exact) mass is 200 g/mol. The van der Waals surface area contributed by atoms with E-state index in [1.165, 1.54) is 6.92 Å². The molecule has 2 amide bonds. The third-order valence-electron chi connectivity index (χ3n) is 2.24. The van der Waals surface area contributed by atoms with Gasteiger partial charge in [0.1, 0.15) is 5.54 Å². The molecule has 0 unspecified atom stereocenters. The second-order valence-electron chi connectivity index (χ2n) is 3.63. The van der Waals surface area contributed by atoms with E-state index in [4.69, 9.17) is 5.73 Å². The maximum Gasteiger partial charge on any atom is 0.243 e. The van der Waals surface area contributed by atoms with Gasteiger partial charge in [0, 0.05) is 6.92 Å². The first-order chi connectivity index (χ1) is 6.48. The van der Waals surface area contributed by atoms with Gasteiger partial charge in [-0.2, -0.15) is 0 Å². The first kappa shape index (κ1) is 12.9. The molecule has 0 spiro atoms. The molecule has 0 radical (unpaired) electrons. The summed E-state index contributed by atoms with van der Waals surface area (Å²) in [5, 5.41) is 2.68. The topological polar surface area (TPSA) is 72.2 Å². The van der Waals surface area contributed by atoms with Crippen molar-refractivity contribution in [2.24, 2.45) is 5.73 Å². The van der Waals surface area contributed by atoms with Crippen molar-refractivity contribution >= 4 is 11.8 Å². The fourth-order valence-corrected chi connectivity index (χ4v) is 1.75. The normalized spacial score (nSPS) is 11.1. The van der Waals surface area contributed by atoms with Gasteiger partial charge in [0.15, 0.2) is 0 Å². The average molecular weight is 200 g/mol. The van der Waals surface area contributed by atoms with Crippen LogP contribution in [0.15, 0.2) is 0 Å². The first-order valence-electron chi connectivity index (χ1n) is 5.07. The van der Waals surface area contributed by atoms with Crippen molar-refractivity contribution in [3.05, 3.63) is 0 Å². The third-order valence-corrected chi connectivity index (χ3v) is 2.24. The van der Waals surface area contributed by atoms with E-state index < -0.39 is 11.4 Å². The summed E-state index contributed by atoms with van der Waals surface area (Å²) in [5.74, 6) is -0.637. The molecule has 0 saturated heterocycles. The van der Waals surface area contributed by atoms with Crippen molar-refractivity contribution < 1.29 is 9.59 Å². The minimum absolute atomic E-state index is 0.203. The molecule has 0 fully saturated rings. The lowest BCUT2D eigenvalue weighted by Crippen LogP contribution is -2.56. The molecule has 0 bridgehead atoms. The number of carbonyl (C=O) groups is 2. The SMILES string of the molecule is CCCC(CCC)(NC(C)=O)C(N)=O. The van der Waals surface area contributed by atoms with E-state index in [-0.39, 0.29) is 5.91 Å². The van der Waals surface area contributed by atoms with Gasteiger partial charge in [-0.25, -0.2) is 0 Å². The Morgan fingerprint density at radius 2 is 1.64 bits per heavy atom. The zero-order chi connectivity index (χ0) is 11.2. The summed E-state index contributed by atoms with van der Waals surface area (Å²) < 4.78 is 0. The Morgan fingerprint density at radius 3 is 1.86 bits per heavy atom. The van der Waals surface area contributed by atoms with E-state index in [2.05, 4.69) is 5.32 Å². The zero-order valence-corrected chi connectivity index (χ0v) is 9.22. The molecule has 82 valence electrons. The first-order valence-corrected chi connectivity index (χ1v) is 5.07. The summed E-state index contributed by atoms with van der Waals surface area (Å²) in [4.78, 5) is 22.3. The highest BCUT2D eigenvalue weighted by molar-refractivity contribution is 5.89. The van der Waals surface area contributed by atoms with Gasteiger partial charge in [-0.3, -0.25) is 9.59 Å². The van der Waals surface area contributed by atoms with Crippen LogP contribution in [0.1, 0.15) is 46.5 Å². The molecule has 0 saturated carbocycles. The maximum atomic E-state index is 11.3. The summed E-state index contributed by atoms with van der Waals surface area (Å²) in [6, 6.07) is 0. The fourth-order valence-electron chi connectivity index (χ4n) is 1.75. The predicted octanol–water partition coefficient (Wildman–Crippen LogP) is 0.947. The van der Waals surface area contributed by atoms with Crippen LogP contribution in [0.5, 0.6) is 0 Å². The number of hydrogen-bond acceptors (Lipinski definition) is 2. The second kappa shape index (κ2) is 5.62. The van der Waals surface area contributed by atoms with E-state index in [0.29, 0.717) is 12.8 Å². The van der Waals surface area contributed by atoms with Gasteiger partial charge in [0.2, 0.25) is 11.8 Å². The Balaban J connectivity index is 4.73. The van der Waals surface area contributed by atoms with E-state index in [1.807, 2.05) is 13.8 Å². The van der Waals surface area contributed by atoms with Crippen LogP contribution < -0.4 is 11.1 Å². The Bertz CT molecular complexity index is 208. The summed E-state index contributed by atoms with van der Waals surface area (Å²) >= 11 is 0. The highest BCUT2D eigenvalue weighted by atomic mass is 16.2. The van der Waals surface area contributed by atoms with Crippen molar-refractivity contribution in [1.29, 1.82) is 0 Å². The van der Waals surface area contributed by atoms with E-state index in [9.17, 15) is 9.59 Å². The Morgan fingerprint density at radius 1 is 1.21 bits per heavy atom. The van der Waals surface area contributed by atoms with Gasteiger partial charge < -0.3 is 11.1 Å². The predicted molar refractivity (Wildman–Crippen MR) is 55.6 cm³/mol. The van der Waals surface area contributed by atoms with E-state index in [0.717, 1.165) is 12.8 Å². The lowest BCUT2D eigenvalue weighted by molar-refractivity contribution is -0.131. The van der Waals surface area contributed by atoms with Crippen LogP contribution >= 0.6 is 0 Å². The number of rotatable bonds is 6. The molecule has 4 heteroatoms. The number of nitrogens with one attached hydrogen (secondary N) is 1. The van der Waals surface area contributed by atoms with Gasteiger partial charge in [-0.1, -0.05) is 26.7 Å². The molecule has 0 aromatic rings. The third kappa shape index (κ3) is 3.36. The van der Waals surface area contributed by atoms with Crippen molar-refractivity contribution in [3.63, 3.8) is 0 Å². The second-order valence-corrected chi connectivity index (χ2v) is 3.63. The number of amides is 2. The Kier molecular flexibility index (Phi) is 5.20. The molecule has 0 rings (SSSR count). The molecular weight excluding hydrogens is 180 g/mol. The zero-order valence-electron chi connectivity index (χ0n) is 9.22. The standard InChI is InChI=1S/C10H20N2O2/c1-4-6-10(7-5-2,9(11)14)12-8(3)13/h4-7H2,1-3H3,(H2,11,14)(H,12,13). The molecule has 4 nitrogen and oxygen atoms in total. The van der Waals surface area contributed by atoms with Gasteiger partial charge >= 0.3 is 0 Å². The van der Waals surface area contributed by atoms with Crippen molar-refractivity contribution in [2.75, 3.05) is 0 Å². The van der Waals surface area contributed by atoms with E-state index >= 15 is 0 Å². The molecule has 0 aliphatic heterocycles. The van der Waals surface area contributed by atoms with Crippen molar-refractivity contribution in [2.45, 2.75) is 52.0 Å². The summed E-state index contributed by atoms with van der Waals surface area (Å²) in [6.45, 7) is 5.34. The molecule has 0 aromatic carbocycles. The highest BCUT2D eigenvalue weighted by Gasteiger charge is 2.35. The minimum Gasteiger partial charge on any atom is -0.368 e. The Hall–Kier alpha value is -1.06. The molecule has 0 heterocycles. The molecule has 3 N–H and O–H groups in total. The van der Waals surface area contributed by atoms with E-state index in [1.54, 1.807) is 0 Å². The fraction of sp³-hybridized carbons (Fsp3) is 0.800. The van der Waals surface area contributed by atoms with Crippen LogP contribution in [-0.2, 0) is 9.59 Å². The van der Waals surface area contributed by atoms with Crippen molar-refractivity contribution in [1.82, 2.24) is 5.32 Å². The largest absolute Gasteiger partial charge is 0.368 e. The van der Waals surface area contributed by atoms with Crippen LogP contribution in [0.3, 0.4) is 0 Å². The number of hydrogen-bond donors (Lipinski definition) is 2. The number of carbonyl (C=O) groups excluding carboxylic acids is 2. The minimum atomic E-state index is -0.838. The molecule has 14 heavy (non-hydrogen) atoms. The van der Waals surface area contributed by atoms with Crippen LogP contribution in [0.4, 0.5) is 0 Å². The number of nitrogens with two attached hydrogens (primary N) is 1.